The second-order valence-corrected chi connectivity index (χ2v) is 19.5. The molecule has 1 aromatic heterocycles. The minimum absolute atomic E-state index is 0.0251. The summed E-state index contributed by atoms with van der Waals surface area (Å²) in [5.74, 6) is -0.624. The number of carbonyl (C=O) groups excluding carboxylic acids is 2. The smallest absolute Gasteiger partial charge is 0.306 e. The van der Waals surface area contributed by atoms with E-state index in [1.54, 1.807) is 18.4 Å². The molecule has 2 rings (SSSR count). The number of methoxy groups -OCH3 is 1. The molecule has 0 atom stereocenters. The number of esters is 1. The highest BCUT2D eigenvalue weighted by Gasteiger charge is 2.10. The van der Waals surface area contributed by atoms with Gasteiger partial charge in [-0.2, -0.15) is 0 Å². The zero-order chi connectivity index (χ0) is 63.3. The van der Waals surface area contributed by atoms with Crippen LogP contribution in [0.4, 0.5) is 0 Å². The SMILES string of the molecule is COCCOCCOCCOCCOCCOCCOCCOCCOCCOCCOCCOCCOCCOCCOCCOCCOCCOCCOCCOCCOCCOCCNC(=O)CCC(=O)OCCc1ccc(-c2scnc2C)cc1. The molecule has 0 aliphatic carbocycles. The number of carbonyl (C=O) groups is 2. The van der Waals surface area contributed by atoms with Crippen molar-refractivity contribution in [3.8, 4) is 10.4 Å². The zero-order valence-electron chi connectivity index (χ0n) is 53.4. The van der Waals surface area contributed by atoms with Crippen molar-refractivity contribution >= 4 is 23.2 Å². The summed E-state index contributed by atoms with van der Waals surface area (Å²) in [4.78, 5) is 29.6. The fraction of sp³-hybridized carbons (Fsp3) is 0.820. The van der Waals surface area contributed by atoms with Crippen molar-refractivity contribution in [2.24, 2.45) is 0 Å². The molecule has 0 aliphatic heterocycles. The van der Waals surface area contributed by atoms with Crippen LogP contribution in [0.1, 0.15) is 24.1 Å². The fourth-order valence-electron chi connectivity index (χ4n) is 6.97. The average molecular weight is 1300 g/mol. The number of rotatable bonds is 73. The first-order chi connectivity index (χ1) is 44.1. The van der Waals surface area contributed by atoms with Gasteiger partial charge in [-0.25, -0.2) is 4.98 Å². The summed E-state index contributed by atoms with van der Waals surface area (Å²) in [5.41, 5.74) is 5.04. The molecule has 28 heteroatoms. The monoisotopic (exact) mass is 1300 g/mol. The number of ether oxygens (including phenoxy) is 23. The van der Waals surface area contributed by atoms with Crippen LogP contribution in [-0.2, 0) is 125 Å². The number of nitrogens with one attached hydrogen (secondary N) is 1. The van der Waals surface area contributed by atoms with E-state index < -0.39 is 5.97 Å². The van der Waals surface area contributed by atoms with E-state index in [1.165, 1.54) is 0 Å². The van der Waals surface area contributed by atoms with Gasteiger partial charge in [0, 0.05) is 26.5 Å². The molecule has 0 saturated carbocycles. The maximum absolute atomic E-state index is 12.1. The molecule has 1 aromatic carbocycles. The van der Waals surface area contributed by atoms with Crippen LogP contribution in [-0.4, -0.2) is 321 Å². The topological polar surface area (TPSA) is 271 Å². The third kappa shape index (κ3) is 58.5. The Hall–Kier alpha value is -3.09. The van der Waals surface area contributed by atoms with Crippen LogP contribution < -0.4 is 5.32 Å². The summed E-state index contributed by atoms with van der Waals surface area (Å²) >= 11 is 1.61. The molecule has 0 unspecified atom stereocenters. The summed E-state index contributed by atoms with van der Waals surface area (Å²) in [6.45, 7) is 23.3. The predicted octanol–water partition coefficient (Wildman–Crippen LogP) is 3.10. The van der Waals surface area contributed by atoms with Gasteiger partial charge in [0.05, 0.1) is 313 Å². The van der Waals surface area contributed by atoms with Crippen molar-refractivity contribution in [3.05, 3.63) is 41.0 Å². The van der Waals surface area contributed by atoms with Gasteiger partial charge in [0.2, 0.25) is 5.91 Å². The fourth-order valence-corrected chi connectivity index (χ4v) is 7.78. The summed E-state index contributed by atoms with van der Waals surface area (Å²) in [5, 5.41) is 2.74. The number of aryl methyl sites for hydroxylation is 1. The number of aromatic nitrogens is 1. The molecule has 1 N–H and O–H groups in total. The van der Waals surface area contributed by atoms with E-state index in [-0.39, 0.29) is 25.4 Å². The molecule has 0 radical (unpaired) electrons. The first-order valence-corrected chi connectivity index (χ1v) is 32.0. The molecule has 27 nitrogen and oxygen atoms in total. The molecule has 0 fully saturated rings. The molecule has 518 valence electrons. The van der Waals surface area contributed by atoms with Gasteiger partial charge in [-0.3, -0.25) is 9.59 Å². The Bertz CT molecular complexity index is 1780. The maximum atomic E-state index is 12.1. The van der Waals surface area contributed by atoms with Crippen molar-refractivity contribution in [3.63, 3.8) is 0 Å². The number of amides is 1. The van der Waals surface area contributed by atoms with Crippen molar-refractivity contribution in [1.29, 1.82) is 0 Å². The second kappa shape index (κ2) is 67.8. The van der Waals surface area contributed by atoms with Crippen LogP contribution in [0.2, 0.25) is 0 Å². The highest BCUT2D eigenvalue weighted by molar-refractivity contribution is 7.13. The molecular weight excluding hydrogens is 1190 g/mol. The minimum Gasteiger partial charge on any atom is -0.465 e. The number of hydrogen-bond donors (Lipinski definition) is 1. The van der Waals surface area contributed by atoms with Crippen LogP contribution in [0.15, 0.2) is 29.8 Å². The average Bonchev–Trinajstić information content (AvgIpc) is 3.54. The Balaban J connectivity index is 1.12. The quantitative estimate of drug-likeness (QED) is 0.0736. The van der Waals surface area contributed by atoms with Crippen molar-refractivity contribution in [2.45, 2.75) is 26.2 Å². The normalized spacial score (nSPS) is 11.6. The molecule has 0 bridgehead atoms. The molecule has 0 aliphatic rings. The standard InChI is InChI=1S/C61H108N2O25S/c1-56-61(89-55-63-56)58-5-3-57(4-6-58)9-11-88-60(65)8-7-59(64)62-10-12-67-15-16-69-19-20-71-23-24-73-27-28-75-31-32-77-35-36-79-39-40-81-43-44-83-47-48-85-51-52-87-54-53-86-50-49-84-46-45-82-42-41-80-38-37-78-34-33-76-30-29-74-26-25-72-22-21-70-18-17-68-14-13-66-2/h3-6,55H,7-54H2,1-2H3,(H,62,64). The lowest BCUT2D eigenvalue weighted by molar-refractivity contribution is -0.144. The minimum atomic E-state index is -0.397. The largest absolute Gasteiger partial charge is 0.465 e. The van der Waals surface area contributed by atoms with E-state index >= 15 is 0 Å². The van der Waals surface area contributed by atoms with Gasteiger partial charge < -0.3 is 114 Å². The van der Waals surface area contributed by atoms with Crippen LogP contribution in [0.3, 0.4) is 0 Å². The Morgan fingerprint density at radius 2 is 0.607 bits per heavy atom. The van der Waals surface area contributed by atoms with Crippen molar-refractivity contribution in [1.82, 2.24) is 10.3 Å². The lowest BCUT2D eigenvalue weighted by atomic mass is 10.1. The highest BCUT2D eigenvalue weighted by atomic mass is 32.1. The van der Waals surface area contributed by atoms with Gasteiger partial charge in [-0.1, -0.05) is 24.3 Å². The van der Waals surface area contributed by atoms with Gasteiger partial charge in [-0.05, 0) is 18.1 Å². The summed E-state index contributed by atoms with van der Waals surface area (Å²) in [6, 6.07) is 8.16. The summed E-state index contributed by atoms with van der Waals surface area (Å²) in [7, 11) is 1.64. The zero-order valence-corrected chi connectivity index (χ0v) is 54.2. The number of thiazole rings is 1. The first kappa shape index (κ1) is 82.0. The van der Waals surface area contributed by atoms with Gasteiger partial charge in [0.15, 0.2) is 0 Å². The van der Waals surface area contributed by atoms with Crippen molar-refractivity contribution in [2.75, 3.05) is 304 Å². The Kier molecular flexibility index (Phi) is 62.5. The van der Waals surface area contributed by atoms with Gasteiger partial charge in [0.1, 0.15) is 0 Å². The first-order valence-electron chi connectivity index (χ1n) is 31.1. The van der Waals surface area contributed by atoms with E-state index in [9.17, 15) is 9.59 Å². The Morgan fingerprint density at radius 3 is 0.854 bits per heavy atom. The van der Waals surface area contributed by atoms with Gasteiger partial charge >= 0.3 is 5.97 Å². The predicted molar refractivity (Wildman–Crippen MR) is 328 cm³/mol. The van der Waals surface area contributed by atoms with E-state index in [4.69, 9.17) is 109 Å². The van der Waals surface area contributed by atoms with Gasteiger partial charge in [0.25, 0.3) is 0 Å². The van der Waals surface area contributed by atoms with E-state index in [0.29, 0.717) is 297 Å². The van der Waals surface area contributed by atoms with E-state index in [0.717, 1.165) is 21.7 Å². The molecule has 1 heterocycles. The highest BCUT2D eigenvalue weighted by Crippen LogP contribution is 2.27. The lowest BCUT2D eigenvalue weighted by Crippen LogP contribution is -2.28. The summed E-state index contributed by atoms with van der Waals surface area (Å²) < 4.78 is 126. The third-order valence-corrected chi connectivity index (χ3v) is 12.6. The van der Waals surface area contributed by atoms with Crippen LogP contribution in [0, 0.1) is 6.92 Å². The summed E-state index contributed by atoms with van der Waals surface area (Å²) in [6.07, 6.45) is 0.693. The lowest BCUT2D eigenvalue weighted by Gasteiger charge is -2.09. The molecule has 0 spiro atoms. The van der Waals surface area contributed by atoms with Crippen LogP contribution in [0.25, 0.3) is 10.4 Å². The van der Waals surface area contributed by atoms with Gasteiger partial charge in [-0.15, -0.1) is 11.3 Å². The van der Waals surface area contributed by atoms with E-state index in [1.807, 2.05) is 24.6 Å². The Labute approximate surface area is 532 Å². The van der Waals surface area contributed by atoms with Crippen LogP contribution in [0.5, 0.6) is 0 Å². The molecule has 89 heavy (non-hydrogen) atoms. The van der Waals surface area contributed by atoms with Crippen molar-refractivity contribution < 1.29 is 119 Å². The molecule has 2 aromatic rings. The van der Waals surface area contributed by atoms with E-state index in [2.05, 4.69) is 22.4 Å². The molecule has 0 saturated heterocycles. The third-order valence-electron chi connectivity index (χ3n) is 11.6. The number of nitrogens with zero attached hydrogens (tertiary/aromatic N) is 1. The maximum Gasteiger partial charge on any atom is 0.306 e. The second-order valence-electron chi connectivity index (χ2n) is 18.6. The van der Waals surface area contributed by atoms with Crippen LogP contribution >= 0.6 is 11.3 Å². The Morgan fingerprint density at radius 1 is 0.348 bits per heavy atom. The molecular formula is C61H108N2O25S. The molecule has 1 amide bonds. The number of hydrogen-bond acceptors (Lipinski definition) is 27. The number of benzene rings is 1.